The van der Waals surface area contributed by atoms with Gasteiger partial charge in [-0.15, -0.1) is 11.6 Å². The molecule has 2 rings (SSSR count). The molecule has 0 aromatic carbocycles. The van der Waals surface area contributed by atoms with Gasteiger partial charge in [0, 0.05) is 38.6 Å². The summed E-state index contributed by atoms with van der Waals surface area (Å²) in [7, 11) is -3.05. The van der Waals surface area contributed by atoms with E-state index in [1.54, 1.807) is 4.31 Å². The molecule has 112 valence electrons. The Kier molecular flexibility index (Phi) is 5.48. The number of alkyl halides is 1. The van der Waals surface area contributed by atoms with Crippen LogP contribution in [0.15, 0.2) is 0 Å². The molecule has 2 heterocycles. The smallest absolute Gasteiger partial charge is 0.211 e. The first-order chi connectivity index (χ1) is 8.99. The highest BCUT2D eigenvalue weighted by Gasteiger charge is 2.28. The van der Waals surface area contributed by atoms with E-state index in [1.807, 2.05) is 0 Å². The fourth-order valence-electron chi connectivity index (χ4n) is 2.88. The molecule has 2 atom stereocenters. The molecule has 0 N–H and O–H groups in total. The van der Waals surface area contributed by atoms with E-state index >= 15 is 0 Å². The van der Waals surface area contributed by atoms with Gasteiger partial charge in [0.1, 0.15) is 0 Å². The molecule has 5 nitrogen and oxygen atoms in total. The van der Waals surface area contributed by atoms with Crippen LogP contribution in [0.25, 0.3) is 0 Å². The lowest BCUT2D eigenvalue weighted by molar-refractivity contribution is -0.0235. The van der Waals surface area contributed by atoms with E-state index in [9.17, 15) is 8.42 Å². The van der Waals surface area contributed by atoms with Gasteiger partial charge in [-0.2, -0.15) is 0 Å². The normalized spacial score (nSPS) is 31.5. The molecular weight excluding hydrogens is 288 g/mol. The Hall–Kier alpha value is 0.120. The molecule has 0 aliphatic carbocycles. The maximum atomic E-state index is 11.6. The molecule has 7 heteroatoms. The SMILES string of the molecule is CS(=O)(=O)N1CCCC(CN2CCOC(CCl)C2)C1. The minimum absolute atomic E-state index is 0.116. The van der Waals surface area contributed by atoms with Crippen LogP contribution in [0.4, 0.5) is 0 Å². The third-order valence-corrected chi connectivity index (χ3v) is 5.48. The summed E-state index contributed by atoms with van der Waals surface area (Å²) >= 11 is 5.83. The highest BCUT2D eigenvalue weighted by molar-refractivity contribution is 7.88. The van der Waals surface area contributed by atoms with Crippen molar-refractivity contribution in [3.8, 4) is 0 Å². The van der Waals surface area contributed by atoms with E-state index in [-0.39, 0.29) is 6.10 Å². The van der Waals surface area contributed by atoms with Crippen molar-refractivity contribution in [2.24, 2.45) is 5.92 Å². The van der Waals surface area contributed by atoms with E-state index in [2.05, 4.69) is 4.90 Å². The minimum Gasteiger partial charge on any atom is -0.374 e. The largest absolute Gasteiger partial charge is 0.374 e. The van der Waals surface area contributed by atoms with Crippen molar-refractivity contribution in [3.63, 3.8) is 0 Å². The fraction of sp³-hybridized carbons (Fsp3) is 1.00. The number of sulfonamides is 1. The minimum atomic E-state index is -3.05. The van der Waals surface area contributed by atoms with Crippen molar-refractivity contribution in [1.82, 2.24) is 9.21 Å². The Morgan fingerprint density at radius 1 is 1.32 bits per heavy atom. The molecular formula is C12H23ClN2O3S. The third-order valence-electron chi connectivity index (χ3n) is 3.86. The van der Waals surface area contributed by atoms with E-state index < -0.39 is 10.0 Å². The van der Waals surface area contributed by atoms with Gasteiger partial charge in [-0.25, -0.2) is 12.7 Å². The molecule has 0 aromatic rings. The fourth-order valence-corrected chi connectivity index (χ4v) is 4.01. The summed E-state index contributed by atoms with van der Waals surface area (Å²) in [5.41, 5.74) is 0. The summed E-state index contributed by atoms with van der Waals surface area (Å²) in [6.45, 7) is 4.77. The van der Waals surface area contributed by atoms with Gasteiger partial charge >= 0.3 is 0 Å². The van der Waals surface area contributed by atoms with Gasteiger partial charge in [-0.05, 0) is 18.8 Å². The monoisotopic (exact) mass is 310 g/mol. The molecule has 0 amide bonds. The van der Waals surface area contributed by atoms with Gasteiger partial charge in [0.15, 0.2) is 0 Å². The van der Waals surface area contributed by atoms with Crippen LogP contribution in [-0.4, -0.2) is 75.2 Å². The van der Waals surface area contributed by atoms with Crippen molar-refractivity contribution in [2.45, 2.75) is 18.9 Å². The van der Waals surface area contributed by atoms with Crippen LogP contribution in [0.2, 0.25) is 0 Å². The highest BCUT2D eigenvalue weighted by Crippen LogP contribution is 2.20. The molecule has 0 saturated carbocycles. The van der Waals surface area contributed by atoms with Crippen molar-refractivity contribution in [3.05, 3.63) is 0 Å². The second-order valence-electron chi connectivity index (χ2n) is 5.54. The number of halogens is 1. The Morgan fingerprint density at radius 3 is 2.79 bits per heavy atom. The predicted octanol–water partition coefficient (Wildman–Crippen LogP) is 0.598. The van der Waals surface area contributed by atoms with Crippen molar-refractivity contribution in [1.29, 1.82) is 0 Å². The summed E-state index contributed by atoms with van der Waals surface area (Å²) < 4.78 is 30.3. The number of piperidine rings is 1. The number of ether oxygens (including phenoxy) is 1. The topological polar surface area (TPSA) is 49.9 Å². The van der Waals surface area contributed by atoms with Crippen LogP contribution in [0, 0.1) is 5.92 Å². The Labute approximate surface area is 120 Å². The maximum Gasteiger partial charge on any atom is 0.211 e. The molecule has 0 radical (unpaired) electrons. The van der Waals surface area contributed by atoms with Gasteiger partial charge < -0.3 is 4.74 Å². The Balaban J connectivity index is 1.85. The molecule has 0 spiro atoms. The lowest BCUT2D eigenvalue weighted by Gasteiger charge is -2.37. The van der Waals surface area contributed by atoms with Crippen LogP contribution in [0.5, 0.6) is 0 Å². The molecule has 2 fully saturated rings. The zero-order valence-electron chi connectivity index (χ0n) is 11.4. The van der Waals surface area contributed by atoms with Crippen LogP contribution in [0.3, 0.4) is 0 Å². The first-order valence-corrected chi connectivity index (χ1v) is 9.22. The van der Waals surface area contributed by atoms with E-state index in [0.29, 0.717) is 24.9 Å². The van der Waals surface area contributed by atoms with E-state index in [1.165, 1.54) is 6.26 Å². The molecule has 2 unspecified atom stereocenters. The number of rotatable bonds is 4. The molecule has 2 aliphatic rings. The average Bonchev–Trinajstić information content (AvgIpc) is 2.38. The first kappa shape index (κ1) is 15.5. The molecule has 19 heavy (non-hydrogen) atoms. The maximum absolute atomic E-state index is 11.6. The quantitative estimate of drug-likeness (QED) is 0.714. The zero-order valence-corrected chi connectivity index (χ0v) is 13.0. The number of morpholine rings is 1. The van der Waals surface area contributed by atoms with Gasteiger partial charge in [-0.3, -0.25) is 4.90 Å². The van der Waals surface area contributed by atoms with E-state index in [4.69, 9.17) is 16.3 Å². The third kappa shape index (κ3) is 4.56. The lowest BCUT2D eigenvalue weighted by atomic mass is 9.99. The average molecular weight is 311 g/mol. The number of hydrogen-bond acceptors (Lipinski definition) is 4. The van der Waals surface area contributed by atoms with Crippen molar-refractivity contribution < 1.29 is 13.2 Å². The van der Waals surface area contributed by atoms with Gasteiger partial charge in [0.05, 0.1) is 19.0 Å². The van der Waals surface area contributed by atoms with Crippen molar-refractivity contribution >= 4 is 21.6 Å². The van der Waals surface area contributed by atoms with Crippen LogP contribution < -0.4 is 0 Å². The van der Waals surface area contributed by atoms with Gasteiger partial charge in [0.25, 0.3) is 0 Å². The zero-order chi connectivity index (χ0) is 13.9. The van der Waals surface area contributed by atoms with Gasteiger partial charge in [-0.1, -0.05) is 0 Å². The lowest BCUT2D eigenvalue weighted by Crippen LogP contribution is -2.48. The molecule has 0 aromatic heterocycles. The first-order valence-electron chi connectivity index (χ1n) is 6.84. The molecule has 2 saturated heterocycles. The predicted molar refractivity (Wildman–Crippen MR) is 76.0 cm³/mol. The Morgan fingerprint density at radius 2 is 2.11 bits per heavy atom. The second-order valence-corrected chi connectivity index (χ2v) is 7.83. The summed E-state index contributed by atoms with van der Waals surface area (Å²) in [6.07, 6.45) is 3.48. The van der Waals surface area contributed by atoms with E-state index in [0.717, 1.165) is 39.1 Å². The second kappa shape index (κ2) is 6.72. The summed E-state index contributed by atoms with van der Waals surface area (Å²) in [5, 5.41) is 0. The summed E-state index contributed by atoms with van der Waals surface area (Å²) in [5.74, 6) is 0.953. The number of hydrogen-bond donors (Lipinski definition) is 0. The number of nitrogens with zero attached hydrogens (tertiary/aromatic N) is 2. The van der Waals surface area contributed by atoms with Crippen LogP contribution in [-0.2, 0) is 14.8 Å². The summed E-state index contributed by atoms with van der Waals surface area (Å²) in [4.78, 5) is 2.35. The molecule has 2 aliphatic heterocycles. The van der Waals surface area contributed by atoms with Crippen LogP contribution >= 0.6 is 11.6 Å². The standard InChI is InChI=1S/C12H23ClN2O3S/c1-19(16,17)15-4-2-3-11(9-15)8-14-5-6-18-12(7-13)10-14/h11-12H,2-10H2,1H3. The van der Waals surface area contributed by atoms with Crippen molar-refractivity contribution in [2.75, 3.05) is 51.5 Å². The summed E-state index contributed by atoms with van der Waals surface area (Å²) in [6, 6.07) is 0. The van der Waals surface area contributed by atoms with Crippen LogP contribution in [0.1, 0.15) is 12.8 Å². The Bertz CT molecular complexity index is 390. The molecule has 0 bridgehead atoms. The highest BCUT2D eigenvalue weighted by atomic mass is 35.5. The van der Waals surface area contributed by atoms with Gasteiger partial charge in [0.2, 0.25) is 10.0 Å².